The minimum absolute atomic E-state index is 0.160. The summed E-state index contributed by atoms with van der Waals surface area (Å²) >= 11 is 0. The average Bonchev–Trinajstić information content (AvgIpc) is 2.67. The lowest BCUT2D eigenvalue weighted by atomic mass is 9.91. The van der Waals surface area contributed by atoms with E-state index in [1.54, 1.807) is 6.20 Å². The highest BCUT2D eigenvalue weighted by Crippen LogP contribution is 2.22. The molecule has 92 valence electrons. The molecule has 1 aromatic carbocycles. The number of rotatable bonds is 2. The minimum atomic E-state index is -0.363. The first kappa shape index (κ1) is 12.4. The van der Waals surface area contributed by atoms with Gasteiger partial charge in [0.05, 0.1) is 12.1 Å². The third-order valence-corrected chi connectivity index (χ3v) is 3.06. The molecule has 0 amide bonds. The van der Waals surface area contributed by atoms with Crippen molar-refractivity contribution in [3.05, 3.63) is 36.0 Å². The number of nitrogens with zero attached hydrogens (tertiary/aromatic N) is 2. The maximum Gasteiger partial charge on any atom is 0.157 e. The lowest BCUT2D eigenvalue weighted by Crippen LogP contribution is -2.24. The predicted molar refractivity (Wildman–Crippen MR) is 71.1 cm³/mol. The number of para-hydroxylation sites is 1. The zero-order valence-corrected chi connectivity index (χ0v) is 10.9. The van der Waals surface area contributed by atoms with E-state index in [0.29, 0.717) is 12.1 Å². The molecule has 0 N–H and O–H groups in total. The van der Waals surface area contributed by atoms with Gasteiger partial charge < -0.3 is 4.57 Å². The molecule has 18 heavy (non-hydrogen) atoms. The number of nitriles is 1. The highest BCUT2D eigenvalue weighted by atomic mass is 16.1. The van der Waals surface area contributed by atoms with Crippen molar-refractivity contribution in [1.29, 1.82) is 5.26 Å². The number of carbonyl (C=O) groups is 1. The Morgan fingerprint density at radius 1 is 1.33 bits per heavy atom. The van der Waals surface area contributed by atoms with E-state index in [9.17, 15) is 4.79 Å². The highest BCUT2D eigenvalue weighted by molar-refractivity contribution is 5.89. The van der Waals surface area contributed by atoms with Gasteiger partial charge in [0, 0.05) is 22.5 Å². The van der Waals surface area contributed by atoms with Crippen LogP contribution in [-0.4, -0.2) is 10.4 Å². The number of Topliss-reactive ketones (excluding diaryl/α,β-unsaturated/α-hetero) is 1. The van der Waals surface area contributed by atoms with Gasteiger partial charge in [-0.2, -0.15) is 5.26 Å². The molecule has 2 rings (SSSR count). The zero-order valence-electron chi connectivity index (χ0n) is 10.9. The Kier molecular flexibility index (Phi) is 2.96. The number of fused-ring (bicyclic) bond motifs is 1. The molecule has 1 aromatic heterocycles. The number of aromatic nitrogens is 1. The van der Waals surface area contributed by atoms with Crippen molar-refractivity contribution in [1.82, 2.24) is 4.57 Å². The summed E-state index contributed by atoms with van der Waals surface area (Å²) in [4.78, 5) is 12.1. The minimum Gasteiger partial charge on any atom is -0.339 e. The van der Waals surface area contributed by atoms with Crippen LogP contribution in [0.1, 0.15) is 26.3 Å². The van der Waals surface area contributed by atoms with Gasteiger partial charge in [-0.25, -0.2) is 0 Å². The molecule has 2 aromatic rings. The van der Waals surface area contributed by atoms with E-state index < -0.39 is 0 Å². The standard InChI is InChI=1S/C15H16N2O/c1-15(2,3)14(18)10-17-9-11(8-16)12-6-4-5-7-13(12)17/h4-7,9H,10H2,1-3H3. The average molecular weight is 240 g/mol. The van der Waals surface area contributed by atoms with Crippen molar-refractivity contribution in [2.24, 2.45) is 5.41 Å². The molecule has 0 aliphatic rings. The van der Waals surface area contributed by atoms with Crippen LogP contribution in [0.15, 0.2) is 30.5 Å². The Morgan fingerprint density at radius 2 is 2.00 bits per heavy atom. The summed E-state index contributed by atoms with van der Waals surface area (Å²) in [6, 6.07) is 9.84. The number of hydrogen-bond acceptors (Lipinski definition) is 2. The Labute approximate surface area is 107 Å². The van der Waals surface area contributed by atoms with Gasteiger partial charge in [0.2, 0.25) is 0 Å². The van der Waals surface area contributed by atoms with E-state index in [-0.39, 0.29) is 11.2 Å². The molecule has 3 nitrogen and oxygen atoms in total. The number of carbonyl (C=O) groups excluding carboxylic acids is 1. The summed E-state index contributed by atoms with van der Waals surface area (Å²) in [5.41, 5.74) is 1.19. The molecule has 3 heteroatoms. The smallest absolute Gasteiger partial charge is 0.157 e. The van der Waals surface area contributed by atoms with Crippen molar-refractivity contribution in [2.75, 3.05) is 0 Å². The van der Waals surface area contributed by atoms with Crippen LogP contribution in [0.5, 0.6) is 0 Å². The van der Waals surface area contributed by atoms with Gasteiger partial charge in [0.1, 0.15) is 6.07 Å². The zero-order chi connectivity index (χ0) is 13.3. The quantitative estimate of drug-likeness (QED) is 0.809. The Bertz CT molecular complexity index is 639. The molecule has 0 bridgehead atoms. The van der Waals surface area contributed by atoms with E-state index in [1.807, 2.05) is 49.6 Å². The molecule has 1 heterocycles. The number of hydrogen-bond donors (Lipinski definition) is 0. The fourth-order valence-corrected chi connectivity index (χ4v) is 1.86. The van der Waals surface area contributed by atoms with Crippen molar-refractivity contribution in [3.63, 3.8) is 0 Å². The van der Waals surface area contributed by atoms with Crippen LogP contribution in [-0.2, 0) is 11.3 Å². The second kappa shape index (κ2) is 4.30. The normalized spacial score (nSPS) is 11.4. The molecule has 0 saturated heterocycles. The van der Waals surface area contributed by atoms with E-state index in [2.05, 4.69) is 6.07 Å². The molecule has 0 saturated carbocycles. The first-order valence-electron chi connectivity index (χ1n) is 5.95. The van der Waals surface area contributed by atoms with Crippen LogP contribution >= 0.6 is 0 Å². The Morgan fingerprint density at radius 3 is 2.61 bits per heavy atom. The first-order chi connectivity index (χ1) is 8.43. The van der Waals surface area contributed by atoms with Crippen molar-refractivity contribution in [3.8, 4) is 6.07 Å². The summed E-state index contributed by atoms with van der Waals surface area (Å²) in [6.07, 6.45) is 1.76. The predicted octanol–water partition coefficient (Wildman–Crippen LogP) is 3.13. The van der Waals surface area contributed by atoms with Crippen LogP contribution < -0.4 is 0 Å². The largest absolute Gasteiger partial charge is 0.339 e. The van der Waals surface area contributed by atoms with Crippen LogP contribution in [0.2, 0.25) is 0 Å². The van der Waals surface area contributed by atoms with Crippen LogP contribution in [0, 0.1) is 16.7 Å². The van der Waals surface area contributed by atoms with Gasteiger partial charge in [-0.15, -0.1) is 0 Å². The van der Waals surface area contributed by atoms with Gasteiger partial charge in [-0.3, -0.25) is 4.79 Å². The maximum absolute atomic E-state index is 12.1. The molecule has 0 aliphatic heterocycles. The molecule has 0 atom stereocenters. The van der Waals surface area contributed by atoms with Crippen LogP contribution in [0.25, 0.3) is 10.9 Å². The monoisotopic (exact) mass is 240 g/mol. The van der Waals surface area contributed by atoms with Crippen LogP contribution in [0.3, 0.4) is 0 Å². The highest BCUT2D eigenvalue weighted by Gasteiger charge is 2.22. The van der Waals surface area contributed by atoms with Crippen molar-refractivity contribution in [2.45, 2.75) is 27.3 Å². The molecule has 0 unspecified atom stereocenters. The lowest BCUT2D eigenvalue weighted by molar-refractivity contribution is -0.126. The van der Waals surface area contributed by atoms with Gasteiger partial charge in [-0.05, 0) is 6.07 Å². The summed E-state index contributed by atoms with van der Waals surface area (Å²) in [6.45, 7) is 6.04. The lowest BCUT2D eigenvalue weighted by Gasteiger charge is -2.17. The van der Waals surface area contributed by atoms with E-state index in [0.717, 1.165) is 10.9 Å². The number of ketones is 1. The molecular weight excluding hydrogens is 224 g/mol. The van der Waals surface area contributed by atoms with E-state index >= 15 is 0 Å². The first-order valence-corrected chi connectivity index (χ1v) is 5.95. The fourth-order valence-electron chi connectivity index (χ4n) is 1.86. The Hall–Kier alpha value is -2.08. The van der Waals surface area contributed by atoms with E-state index in [4.69, 9.17) is 5.26 Å². The third-order valence-electron chi connectivity index (χ3n) is 3.06. The molecule has 0 aliphatic carbocycles. The van der Waals surface area contributed by atoms with Crippen molar-refractivity contribution < 1.29 is 4.79 Å². The summed E-state index contributed by atoms with van der Waals surface area (Å²) in [5, 5.41) is 10.00. The van der Waals surface area contributed by atoms with Gasteiger partial charge in [0.15, 0.2) is 5.78 Å². The summed E-state index contributed by atoms with van der Waals surface area (Å²) in [5.74, 6) is 0.160. The topological polar surface area (TPSA) is 45.8 Å². The Balaban J connectivity index is 2.47. The summed E-state index contributed by atoms with van der Waals surface area (Å²) < 4.78 is 1.86. The van der Waals surface area contributed by atoms with Gasteiger partial charge >= 0.3 is 0 Å². The van der Waals surface area contributed by atoms with E-state index in [1.165, 1.54) is 0 Å². The SMILES string of the molecule is CC(C)(C)C(=O)Cn1cc(C#N)c2ccccc21. The molecular formula is C15H16N2O. The molecule has 0 spiro atoms. The van der Waals surface area contributed by atoms with Crippen LogP contribution in [0.4, 0.5) is 0 Å². The number of benzene rings is 1. The molecule has 0 fully saturated rings. The second-order valence-corrected chi connectivity index (χ2v) is 5.47. The second-order valence-electron chi connectivity index (χ2n) is 5.47. The third kappa shape index (κ3) is 2.14. The van der Waals surface area contributed by atoms with Gasteiger partial charge in [0.25, 0.3) is 0 Å². The fraction of sp³-hybridized carbons (Fsp3) is 0.333. The van der Waals surface area contributed by atoms with Crippen molar-refractivity contribution >= 4 is 16.7 Å². The molecule has 0 radical (unpaired) electrons. The maximum atomic E-state index is 12.1. The van der Waals surface area contributed by atoms with Gasteiger partial charge in [-0.1, -0.05) is 39.0 Å². The summed E-state index contributed by atoms with van der Waals surface area (Å²) in [7, 11) is 0.